The van der Waals surface area contributed by atoms with Crippen molar-refractivity contribution >= 4 is 17.3 Å². The van der Waals surface area contributed by atoms with Crippen LogP contribution < -0.4 is 5.32 Å². The molecular weight excluding hydrogens is 210 g/mol. The van der Waals surface area contributed by atoms with E-state index in [0.29, 0.717) is 5.92 Å². The van der Waals surface area contributed by atoms with E-state index in [1.807, 2.05) is 25.1 Å². The van der Waals surface area contributed by atoms with Crippen molar-refractivity contribution < 1.29 is 5.11 Å². The first-order valence-corrected chi connectivity index (χ1v) is 5.66. The molecule has 0 saturated heterocycles. The number of anilines is 1. The summed E-state index contributed by atoms with van der Waals surface area (Å²) in [6, 6.07) is 5.79. The first kappa shape index (κ1) is 12.3. The highest BCUT2D eigenvalue weighted by Crippen LogP contribution is 2.20. The van der Waals surface area contributed by atoms with E-state index in [4.69, 9.17) is 16.7 Å². The lowest BCUT2D eigenvalue weighted by atomic mass is 10.1. The number of nitrogens with one attached hydrogen (secondary N) is 1. The van der Waals surface area contributed by atoms with Crippen LogP contribution in [0.25, 0.3) is 0 Å². The minimum Gasteiger partial charge on any atom is -0.396 e. The second-order valence-electron chi connectivity index (χ2n) is 3.80. The van der Waals surface area contributed by atoms with E-state index >= 15 is 0 Å². The number of benzene rings is 1. The van der Waals surface area contributed by atoms with Gasteiger partial charge in [-0.1, -0.05) is 24.6 Å². The van der Waals surface area contributed by atoms with Gasteiger partial charge in [-0.05, 0) is 37.0 Å². The number of halogens is 1. The lowest BCUT2D eigenvalue weighted by Crippen LogP contribution is -2.17. The van der Waals surface area contributed by atoms with E-state index in [-0.39, 0.29) is 6.61 Å². The van der Waals surface area contributed by atoms with E-state index < -0.39 is 0 Å². The van der Waals surface area contributed by atoms with Gasteiger partial charge in [-0.15, -0.1) is 0 Å². The quantitative estimate of drug-likeness (QED) is 0.811. The SMILES string of the molecule is CCC(CO)CNc1cc(Cl)ccc1C. The van der Waals surface area contributed by atoms with Gasteiger partial charge in [0.2, 0.25) is 0 Å². The summed E-state index contributed by atoms with van der Waals surface area (Å²) < 4.78 is 0. The highest BCUT2D eigenvalue weighted by molar-refractivity contribution is 6.30. The molecule has 0 aliphatic carbocycles. The molecule has 1 atom stereocenters. The molecule has 0 radical (unpaired) electrons. The summed E-state index contributed by atoms with van der Waals surface area (Å²) in [7, 11) is 0. The van der Waals surface area contributed by atoms with Crippen LogP contribution >= 0.6 is 11.6 Å². The molecule has 0 aliphatic rings. The van der Waals surface area contributed by atoms with Crippen LogP contribution in [0.5, 0.6) is 0 Å². The fraction of sp³-hybridized carbons (Fsp3) is 0.500. The van der Waals surface area contributed by atoms with Gasteiger partial charge in [0, 0.05) is 23.9 Å². The molecule has 1 rings (SSSR count). The Morgan fingerprint density at radius 1 is 1.47 bits per heavy atom. The van der Waals surface area contributed by atoms with Crippen LogP contribution in [0.4, 0.5) is 5.69 Å². The van der Waals surface area contributed by atoms with Gasteiger partial charge in [0.25, 0.3) is 0 Å². The van der Waals surface area contributed by atoms with Gasteiger partial charge >= 0.3 is 0 Å². The second-order valence-corrected chi connectivity index (χ2v) is 4.23. The van der Waals surface area contributed by atoms with Crippen LogP contribution in [0.15, 0.2) is 18.2 Å². The molecule has 1 unspecified atom stereocenters. The Hall–Kier alpha value is -0.730. The standard InChI is InChI=1S/C12H18ClNO/c1-3-10(8-15)7-14-12-6-11(13)5-4-9(12)2/h4-6,10,14-15H,3,7-8H2,1-2H3. The number of aliphatic hydroxyl groups is 1. The van der Waals surface area contributed by atoms with Crippen molar-refractivity contribution in [1.29, 1.82) is 0 Å². The van der Waals surface area contributed by atoms with E-state index in [9.17, 15) is 0 Å². The average Bonchev–Trinajstić information content (AvgIpc) is 2.24. The highest BCUT2D eigenvalue weighted by atomic mass is 35.5. The van der Waals surface area contributed by atoms with Crippen LogP contribution in [0.3, 0.4) is 0 Å². The monoisotopic (exact) mass is 227 g/mol. The third kappa shape index (κ3) is 3.73. The third-order valence-electron chi connectivity index (χ3n) is 2.62. The van der Waals surface area contributed by atoms with Crippen LogP contribution in [-0.2, 0) is 0 Å². The number of hydrogen-bond donors (Lipinski definition) is 2. The van der Waals surface area contributed by atoms with Crippen LogP contribution in [0.1, 0.15) is 18.9 Å². The van der Waals surface area contributed by atoms with Crippen molar-refractivity contribution in [2.45, 2.75) is 20.3 Å². The maximum atomic E-state index is 9.06. The smallest absolute Gasteiger partial charge is 0.0475 e. The lowest BCUT2D eigenvalue weighted by molar-refractivity contribution is 0.230. The van der Waals surface area contributed by atoms with E-state index in [1.165, 1.54) is 5.56 Å². The largest absolute Gasteiger partial charge is 0.396 e. The van der Waals surface area contributed by atoms with Gasteiger partial charge in [-0.25, -0.2) is 0 Å². The number of aliphatic hydroxyl groups excluding tert-OH is 1. The maximum Gasteiger partial charge on any atom is 0.0475 e. The molecule has 0 heterocycles. The zero-order chi connectivity index (χ0) is 11.3. The molecule has 0 spiro atoms. The van der Waals surface area contributed by atoms with Gasteiger partial charge in [-0.2, -0.15) is 0 Å². The number of rotatable bonds is 5. The molecule has 1 aromatic rings. The molecule has 0 aliphatic heterocycles. The molecule has 0 amide bonds. The van der Waals surface area contributed by atoms with E-state index in [1.54, 1.807) is 0 Å². The fourth-order valence-electron chi connectivity index (χ4n) is 1.38. The van der Waals surface area contributed by atoms with Crippen molar-refractivity contribution in [3.63, 3.8) is 0 Å². The first-order valence-electron chi connectivity index (χ1n) is 5.28. The average molecular weight is 228 g/mol. The molecular formula is C12H18ClNO. The van der Waals surface area contributed by atoms with Gasteiger partial charge in [0.1, 0.15) is 0 Å². The van der Waals surface area contributed by atoms with Crippen molar-refractivity contribution in [2.24, 2.45) is 5.92 Å². The molecule has 15 heavy (non-hydrogen) atoms. The summed E-state index contributed by atoms with van der Waals surface area (Å²) in [5.41, 5.74) is 2.22. The molecule has 0 aromatic heterocycles. The Labute approximate surface area is 96.3 Å². The minimum atomic E-state index is 0.225. The van der Waals surface area contributed by atoms with Crippen LogP contribution in [0.2, 0.25) is 5.02 Å². The van der Waals surface area contributed by atoms with Gasteiger partial charge in [0.15, 0.2) is 0 Å². The Bertz CT molecular complexity index is 310. The Balaban J connectivity index is 2.60. The first-order chi connectivity index (χ1) is 7.17. The predicted molar refractivity (Wildman–Crippen MR) is 65.5 cm³/mol. The van der Waals surface area contributed by atoms with Gasteiger partial charge in [-0.3, -0.25) is 0 Å². The predicted octanol–water partition coefficient (Wildman–Crippen LogP) is 3.08. The van der Waals surface area contributed by atoms with E-state index in [0.717, 1.165) is 23.7 Å². The second kappa shape index (κ2) is 5.99. The zero-order valence-corrected chi connectivity index (χ0v) is 10.0. The van der Waals surface area contributed by atoms with Crippen molar-refractivity contribution in [3.8, 4) is 0 Å². The summed E-state index contributed by atoms with van der Waals surface area (Å²) in [5, 5.41) is 13.1. The summed E-state index contributed by atoms with van der Waals surface area (Å²) in [6.07, 6.45) is 0.975. The molecule has 2 N–H and O–H groups in total. The zero-order valence-electron chi connectivity index (χ0n) is 9.26. The molecule has 3 heteroatoms. The number of aryl methyl sites for hydroxylation is 1. The summed E-state index contributed by atoms with van der Waals surface area (Å²) in [6.45, 7) is 5.13. The molecule has 0 bridgehead atoms. The molecule has 2 nitrogen and oxygen atoms in total. The molecule has 0 fully saturated rings. The lowest BCUT2D eigenvalue weighted by Gasteiger charge is -2.15. The summed E-state index contributed by atoms with van der Waals surface area (Å²) in [5.74, 6) is 0.309. The molecule has 1 aromatic carbocycles. The molecule has 0 saturated carbocycles. The van der Waals surface area contributed by atoms with Crippen LogP contribution in [-0.4, -0.2) is 18.3 Å². The van der Waals surface area contributed by atoms with Crippen molar-refractivity contribution in [2.75, 3.05) is 18.5 Å². The van der Waals surface area contributed by atoms with Gasteiger partial charge in [0.05, 0.1) is 0 Å². The summed E-state index contributed by atoms with van der Waals surface area (Å²) >= 11 is 5.91. The summed E-state index contributed by atoms with van der Waals surface area (Å²) in [4.78, 5) is 0. The topological polar surface area (TPSA) is 32.3 Å². The highest BCUT2D eigenvalue weighted by Gasteiger charge is 2.05. The maximum absolute atomic E-state index is 9.06. The molecule has 84 valence electrons. The number of hydrogen-bond acceptors (Lipinski definition) is 2. The van der Waals surface area contributed by atoms with Gasteiger partial charge < -0.3 is 10.4 Å². The Morgan fingerprint density at radius 2 is 2.20 bits per heavy atom. The Morgan fingerprint density at radius 3 is 2.80 bits per heavy atom. The minimum absolute atomic E-state index is 0.225. The van der Waals surface area contributed by atoms with E-state index in [2.05, 4.69) is 12.2 Å². The third-order valence-corrected chi connectivity index (χ3v) is 2.85. The van der Waals surface area contributed by atoms with Crippen molar-refractivity contribution in [1.82, 2.24) is 0 Å². The fourth-order valence-corrected chi connectivity index (χ4v) is 1.55. The van der Waals surface area contributed by atoms with Crippen molar-refractivity contribution in [3.05, 3.63) is 28.8 Å². The normalized spacial score (nSPS) is 12.5. The Kier molecular flexibility index (Phi) is 4.92. The van der Waals surface area contributed by atoms with Crippen LogP contribution in [0, 0.1) is 12.8 Å².